The smallest absolute Gasteiger partial charge is 0.273 e. The van der Waals surface area contributed by atoms with Crippen molar-refractivity contribution < 1.29 is 14.0 Å². The molecule has 102 valence electrons. The molecule has 1 aromatic carbocycles. The molecule has 1 N–H and O–H groups in total. The molecule has 0 spiro atoms. The summed E-state index contributed by atoms with van der Waals surface area (Å²) in [6.07, 6.45) is 0. The summed E-state index contributed by atoms with van der Waals surface area (Å²) >= 11 is 0. The van der Waals surface area contributed by atoms with Gasteiger partial charge in [-0.3, -0.25) is 9.59 Å². The van der Waals surface area contributed by atoms with Gasteiger partial charge in [-0.1, -0.05) is 6.07 Å². The number of pyridine rings is 1. The van der Waals surface area contributed by atoms with E-state index >= 15 is 0 Å². The quantitative estimate of drug-likeness (QED) is 0.841. The van der Waals surface area contributed by atoms with E-state index in [2.05, 4.69) is 10.3 Å². The van der Waals surface area contributed by atoms with Crippen LogP contribution >= 0.6 is 0 Å². The predicted molar refractivity (Wildman–Crippen MR) is 70.6 cm³/mol. The zero-order valence-electron chi connectivity index (χ0n) is 10.6. The molecule has 6 heteroatoms. The van der Waals surface area contributed by atoms with Crippen molar-refractivity contribution in [3.8, 4) is 0 Å². The van der Waals surface area contributed by atoms with Crippen LogP contribution in [-0.4, -0.2) is 41.3 Å². The van der Waals surface area contributed by atoms with Crippen LogP contribution in [0.3, 0.4) is 0 Å². The van der Waals surface area contributed by atoms with E-state index in [-0.39, 0.29) is 29.9 Å². The first kappa shape index (κ1) is 12.5. The third kappa shape index (κ3) is 2.32. The van der Waals surface area contributed by atoms with Gasteiger partial charge in [0.2, 0.25) is 5.91 Å². The summed E-state index contributed by atoms with van der Waals surface area (Å²) in [4.78, 5) is 29.2. The summed E-state index contributed by atoms with van der Waals surface area (Å²) in [7, 11) is 0. The highest BCUT2D eigenvalue weighted by Gasteiger charge is 2.23. The number of piperazine rings is 1. The monoisotopic (exact) mass is 273 g/mol. The second kappa shape index (κ2) is 4.88. The largest absolute Gasteiger partial charge is 0.353 e. The Hall–Kier alpha value is -2.50. The number of hydrogen-bond acceptors (Lipinski definition) is 3. The van der Waals surface area contributed by atoms with Crippen LogP contribution in [0.15, 0.2) is 30.3 Å². The van der Waals surface area contributed by atoms with Crippen LogP contribution in [0.25, 0.3) is 10.9 Å². The number of carbonyl (C=O) groups is 2. The van der Waals surface area contributed by atoms with Crippen molar-refractivity contribution in [2.45, 2.75) is 0 Å². The average Bonchev–Trinajstić information content (AvgIpc) is 2.46. The zero-order valence-corrected chi connectivity index (χ0v) is 10.6. The van der Waals surface area contributed by atoms with Crippen molar-refractivity contribution in [1.29, 1.82) is 0 Å². The van der Waals surface area contributed by atoms with E-state index < -0.39 is 0 Å². The van der Waals surface area contributed by atoms with Crippen molar-refractivity contribution in [2.75, 3.05) is 19.6 Å². The molecule has 1 fully saturated rings. The number of nitrogens with one attached hydrogen (secondary N) is 1. The Kier molecular flexibility index (Phi) is 3.06. The van der Waals surface area contributed by atoms with Crippen LogP contribution < -0.4 is 5.32 Å². The number of amides is 2. The highest BCUT2D eigenvalue weighted by Crippen LogP contribution is 2.15. The Morgan fingerprint density at radius 3 is 2.95 bits per heavy atom. The number of hydrogen-bond donors (Lipinski definition) is 1. The van der Waals surface area contributed by atoms with Crippen LogP contribution in [0.1, 0.15) is 10.5 Å². The first-order chi connectivity index (χ1) is 9.63. The van der Waals surface area contributed by atoms with Crippen LogP contribution in [0.2, 0.25) is 0 Å². The summed E-state index contributed by atoms with van der Waals surface area (Å²) in [5.74, 6) is -0.801. The van der Waals surface area contributed by atoms with Gasteiger partial charge in [0.25, 0.3) is 5.91 Å². The molecule has 1 aliphatic heterocycles. The lowest BCUT2D eigenvalue weighted by molar-refractivity contribution is -0.123. The van der Waals surface area contributed by atoms with E-state index in [4.69, 9.17) is 0 Å². The van der Waals surface area contributed by atoms with Gasteiger partial charge in [-0.25, -0.2) is 9.37 Å². The van der Waals surface area contributed by atoms with Gasteiger partial charge in [-0.05, 0) is 24.3 Å². The maximum absolute atomic E-state index is 13.1. The fourth-order valence-electron chi connectivity index (χ4n) is 2.19. The summed E-state index contributed by atoms with van der Waals surface area (Å²) < 4.78 is 13.1. The lowest BCUT2D eigenvalue weighted by Gasteiger charge is -2.26. The Morgan fingerprint density at radius 1 is 1.30 bits per heavy atom. The molecule has 0 radical (unpaired) electrons. The summed E-state index contributed by atoms with van der Waals surface area (Å²) in [6.45, 7) is 0.957. The highest BCUT2D eigenvalue weighted by molar-refractivity contribution is 5.97. The summed E-state index contributed by atoms with van der Waals surface area (Å²) in [6, 6.07) is 7.41. The van der Waals surface area contributed by atoms with E-state index in [1.54, 1.807) is 12.1 Å². The molecular weight excluding hydrogens is 261 g/mol. The Labute approximate surface area is 114 Å². The lowest BCUT2D eigenvalue weighted by atomic mass is 10.2. The third-order valence-corrected chi connectivity index (χ3v) is 3.20. The average molecular weight is 273 g/mol. The minimum atomic E-state index is -0.342. The number of nitrogens with zero attached hydrogens (tertiary/aromatic N) is 2. The molecule has 0 saturated carbocycles. The predicted octanol–water partition coefficient (Wildman–Crippen LogP) is 0.946. The van der Waals surface area contributed by atoms with Crippen LogP contribution in [-0.2, 0) is 4.79 Å². The van der Waals surface area contributed by atoms with Gasteiger partial charge >= 0.3 is 0 Å². The van der Waals surface area contributed by atoms with Gasteiger partial charge in [-0.2, -0.15) is 0 Å². The van der Waals surface area contributed by atoms with Gasteiger partial charge in [0.05, 0.1) is 12.1 Å². The van der Waals surface area contributed by atoms with Gasteiger partial charge < -0.3 is 10.2 Å². The second-order valence-corrected chi connectivity index (χ2v) is 4.61. The molecular formula is C14H12FN3O2. The SMILES string of the molecule is O=C1CN(C(=O)c2ccc3cc(F)ccc3n2)CCN1. The summed E-state index contributed by atoms with van der Waals surface area (Å²) in [5, 5.41) is 3.30. The molecule has 2 heterocycles. The Balaban J connectivity index is 1.91. The molecule has 1 saturated heterocycles. The molecule has 20 heavy (non-hydrogen) atoms. The maximum atomic E-state index is 13.1. The van der Waals surface area contributed by atoms with E-state index in [0.717, 1.165) is 0 Å². The van der Waals surface area contributed by atoms with Crippen LogP contribution in [0.5, 0.6) is 0 Å². The molecule has 1 aliphatic rings. The number of halogens is 1. The van der Waals surface area contributed by atoms with Crippen LogP contribution in [0.4, 0.5) is 4.39 Å². The van der Waals surface area contributed by atoms with Crippen molar-refractivity contribution >= 4 is 22.7 Å². The number of carbonyl (C=O) groups excluding carboxylic acids is 2. The fourth-order valence-corrected chi connectivity index (χ4v) is 2.19. The Morgan fingerprint density at radius 2 is 2.15 bits per heavy atom. The summed E-state index contributed by atoms with van der Waals surface area (Å²) in [5.41, 5.74) is 0.817. The molecule has 0 bridgehead atoms. The minimum Gasteiger partial charge on any atom is -0.353 e. The number of aromatic nitrogens is 1. The van der Waals surface area contributed by atoms with Gasteiger partial charge in [0, 0.05) is 18.5 Å². The number of fused-ring (bicyclic) bond motifs is 1. The molecule has 1 aromatic heterocycles. The standard InChI is InChI=1S/C14H12FN3O2/c15-10-2-4-11-9(7-10)1-3-12(17-11)14(20)18-6-5-16-13(19)8-18/h1-4,7H,5-6,8H2,(H,16,19). The topological polar surface area (TPSA) is 62.3 Å². The molecule has 5 nitrogen and oxygen atoms in total. The highest BCUT2D eigenvalue weighted by atomic mass is 19.1. The van der Waals surface area contributed by atoms with Gasteiger partial charge in [-0.15, -0.1) is 0 Å². The fraction of sp³-hybridized carbons (Fsp3) is 0.214. The second-order valence-electron chi connectivity index (χ2n) is 4.61. The van der Waals surface area contributed by atoms with E-state index in [1.165, 1.54) is 23.1 Å². The van der Waals surface area contributed by atoms with Crippen molar-refractivity contribution in [1.82, 2.24) is 15.2 Å². The number of rotatable bonds is 1. The molecule has 3 rings (SSSR count). The van der Waals surface area contributed by atoms with E-state index in [0.29, 0.717) is 24.0 Å². The lowest BCUT2D eigenvalue weighted by Crippen LogP contribution is -2.50. The molecule has 0 atom stereocenters. The van der Waals surface area contributed by atoms with Crippen molar-refractivity contribution in [3.05, 3.63) is 41.8 Å². The normalized spacial score (nSPS) is 15.2. The zero-order chi connectivity index (χ0) is 14.1. The minimum absolute atomic E-state index is 0.0436. The van der Waals surface area contributed by atoms with Crippen molar-refractivity contribution in [2.24, 2.45) is 0 Å². The maximum Gasteiger partial charge on any atom is 0.273 e. The van der Waals surface area contributed by atoms with Gasteiger partial charge in [0.1, 0.15) is 11.5 Å². The molecule has 2 amide bonds. The molecule has 0 unspecified atom stereocenters. The van der Waals surface area contributed by atoms with Crippen LogP contribution in [0, 0.1) is 5.82 Å². The first-order valence-electron chi connectivity index (χ1n) is 6.26. The molecule has 0 aliphatic carbocycles. The first-order valence-corrected chi connectivity index (χ1v) is 6.26. The Bertz CT molecular complexity index is 702. The third-order valence-electron chi connectivity index (χ3n) is 3.20. The van der Waals surface area contributed by atoms with Gasteiger partial charge in [0.15, 0.2) is 0 Å². The number of benzene rings is 1. The van der Waals surface area contributed by atoms with E-state index in [9.17, 15) is 14.0 Å². The van der Waals surface area contributed by atoms with E-state index in [1.807, 2.05) is 0 Å². The van der Waals surface area contributed by atoms with Crippen molar-refractivity contribution in [3.63, 3.8) is 0 Å². The molecule has 2 aromatic rings.